The van der Waals surface area contributed by atoms with E-state index in [-0.39, 0.29) is 0 Å². The molecule has 0 aliphatic heterocycles. The van der Waals surface area contributed by atoms with Crippen LogP contribution in [0.25, 0.3) is 0 Å². The van der Waals surface area contributed by atoms with Crippen LogP contribution in [-0.2, 0) is 0 Å². The maximum absolute atomic E-state index is 4.41. The van der Waals surface area contributed by atoms with Crippen molar-refractivity contribution in [3.05, 3.63) is 16.1 Å². The van der Waals surface area contributed by atoms with Crippen LogP contribution in [0.3, 0.4) is 0 Å². The van der Waals surface area contributed by atoms with Gasteiger partial charge in [-0.25, -0.2) is 4.98 Å². The van der Waals surface area contributed by atoms with Gasteiger partial charge in [0.05, 0.1) is 5.01 Å². The van der Waals surface area contributed by atoms with Crippen molar-refractivity contribution in [3.63, 3.8) is 0 Å². The molecule has 3 heteroatoms. The molecule has 0 saturated heterocycles. The van der Waals surface area contributed by atoms with Crippen molar-refractivity contribution in [2.45, 2.75) is 52.5 Å². The van der Waals surface area contributed by atoms with Crippen molar-refractivity contribution < 1.29 is 0 Å². The minimum Gasteiger partial charge on any atom is -0.309 e. The van der Waals surface area contributed by atoms with E-state index in [4.69, 9.17) is 0 Å². The van der Waals surface area contributed by atoms with Gasteiger partial charge >= 0.3 is 0 Å². The van der Waals surface area contributed by atoms with E-state index in [0.717, 1.165) is 18.4 Å². The summed E-state index contributed by atoms with van der Waals surface area (Å²) in [6, 6.07) is 0.540. The van der Waals surface area contributed by atoms with Crippen molar-refractivity contribution in [2.75, 3.05) is 6.54 Å². The first-order valence-electron chi connectivity index (χ1n) is 6.86. The van der Waals surface area contributed by atoms with Crippen LogP contribution in [0.5, 0.6) is 0 Å². The molecule has 2 rings (SSSR count). The Bertz CT molecular complexity index is 340. The zero-order valence-electron chi connectivity index (χ0n) is 11.2. The van der Waals surface area contributed by atoms with Crippen molar-refractivity contribution in [2.24, 2.45) is 11.8 Å². The minimum absolute atomic E-state index is 0.540. The normalized spacial score (nSPS) is 27.0. The van der Waals surface area contributed by atoms with E-state index >= 15 is 0 Å². The number of nitrogens with zero attached hydrogens (tertiary/aromatic N) is 1. The average molecular weight is 252 g/mol. The largest absolute Gasteiger partial charge is 0.309 e. The number of hydrogen-bond acceptors (Lipinski definition) is 3. The Morgan fingerprint density at radius 2 is 2.12 bits per heavy atom. The van der Waals surface area contributed by atoms with Gasteiger partial charge in [0.2, 0.25) is 0 Å². The van der Waals surface area contributed by atoms with Gasteiger partial charge in [0.25, 0.3) is 0 Å². The first-order valence-corrected chi connectivity index (χ1v) is 7.68. The Kier molecular flexibility index (Phi) is 4.57. The Morgan fingerprint density at radius 3 is 2.65 bits per heavy atom. The first-order chi connectivity index (χ1) is 8.20. The molecule has 17 heavy (non-hydrogen) atoms. The van der Waals surface area contributed by atoms with Crippen molar-refractivity contribution in [3.8, 4) is 0 Å². The molecule has 0 bridgehead atoms. The van der Waals surface area contributed by atoms with Gasteiger partial charge in [0.1, 0.15) is 0 Å². The smallest absolute Gasteiger partial charge is 0.0897 e. The van der Waals surface area contributed by atoms with Gasteiger partial charge in [-0.1, -0.05) is 26.7 Å². The third kappa shape index (κ3) is 3.29. The summed E-state index contributed by atoms with van der Waals surface area (Å²) >= 11 is 1.86. The second kappa shape index (κ2) is 5.96. The molecular formula is C14H24N2S. The average Bonchev–Trinajstić information content (AvgIpc) is 2.74. The van der Waals surface area contributed by atoms with E-state index in [9.17, 15) is 0 Å². The molecule has 1 aliphatic rings. The summed E-state index contributed by atoms with van der Waals surface area (Å²) in [4.78, 5) is 5.84. The fourth-order valence-electron chi connectivity index (χ4n) is 2.86. The maximum Gasteiger partial charge on any atom is 0.0897 e. The van der Waals surface area contributed by atoms with Gasteiger partial charge in [0, 0.05) is 17.1 Å². The summed E-state index contributed by atoms with van der Waals surface area (Å²) in [6.45, 7) is 7.73. The molecule has 1 aliphatic carbocycles. The van der Waals surface area contributed by atoms with Gasteiger partial charge < -0.3 is 5.32 Å². The quantitative estimate of drug-likeness (QED) is 0.878. The lowest BCUT2D eigenvalue weighted by Crippen LogP contribution is -2.30. The minimum atomic E-state index is 0.540. The Balaban J connectivity index is 2.06. The van der Waals surface area contributed by atoms with Crippen LogP contribution in [0.4, 0.5) is 0 Å². The van der Waals surface area contributed by atoms with E-state index in [1.54, 1.807) is 0 Å². The van der Waals surface area contributed by atoms with E-state index in [1.165, 1.54) is 35.6 Å². The molecule has 0 spiro atoms. The molecule has 0 aromatic carbocycles. The summed E-state index contributed by atoms with van der Waals surface area (Å²) in [5.74, 6) is 1.74. The molecule has 0 radical (unpaired) electrons. The molecule has 0 amide bonds. The van der Waals surface area contributed by atoms with Crippen LogP contribution < -0.4 is 5.32 Å². The molecule has 1 fully saturated rings. The van der Waals surface area contributed by atoms with Gasteiger partial charge in [-0.15, -0.1) is 11.3 Å². The number of thiazole rings is 1. The molecule has 1 aromatic rings. The highest BCUT2D eigenvalue weighted by Crippen LogP contribution is 2.38. The van der Waals surface area contributed by atoms with Crippen LogP contribution in [-0.4, -0.2) is 11.5 Å². The second-order valence-electron chi connectivity index (χ2n) is 5.34. The van der Waals surface area contributed by atoms with E-state index in [0.29, 0.717) is 6.04 Å². The number of nitrogens with one attached hydrogen (secondary N) is 1. The van der Waals surface area contributed by atoms with E-state index < -0.39 is 0 Å². The number of aromatic nitrogens is 1. The topological polar surface area (TPSA) is 24.9 Å². The Morgan fingerprint density at radius 1 is 1.41 bits per heavy atom. The highest BCUT2D eigenvalue weighted by atomic mass is 32.1. The molecule has 1 unspecified atom stereocenters. The van der Waals surface area contributed by atoms with E-state index in [1.807, 2.05) is 11.3 Å². The summed E-state index contributed by atoms with van der Waals surface area (Å²) in [6.07, 6.45) is 7.60. The lowest BCUT2D eigenvalue weighted by Gasteiger charge is -2.32. The summed E-state index contributed by atoms with van der Waals surface area (Å²) in [7, 11) is 0. The Labute approximate surface area is 109 Å². The number of hydrogen-bond donors (Lipinski definition) is 1. The third-order valence-corrected chi connectivity index (χ3v) is 4.90. The van der Waals surface area contributed by atoms with Crippen molar-refractivity contribution >= 4 is 11.3 Å². The fourth-order valence-corrected chi connectivity index (χ4v) is 3.81. The van der Waals surface area contributed by atoms with Crippen molar-refractivity contribution in [1.82, 2.24) is 10.3 Å². The van der Waals surface area contributed by atoms with Crippen LogP contribution in [0.1, 0.15) is 55.5 Å². The van der Waals surface area contributed by atoms with Gasteiger partial charge in [0.15, 0.2) is 0 Å². The van der Waals surface area contributed by atoms with Crippen molar-refractivity contribution in [1.29, 1.82) is 0 Å². The molecule has 96 valence electrons. The molecule has 1 heterocycles. The van der Waals surface area contributed by atoms with Crippen LogP contribution in [0.15, 0.2) is 6.20 Å². The zero-order chi connectivity index (χ0) is 12.3. The Hall–Kier alpha value is -0.410. The molecule has 1 atom stereocenters. The molecule has 2 nitrogen and oxygen atoms in total. The van der Waals surface area contributed by atoms with Gasteiger partial charge in [-0.3, -0.25) is 0 Å². The van der Waals surface area contributed by atoms with Crippen LogP contribution >= 0.6 is 11.3 Å². The predicted molar refractivity (Wildman–Crippen MR) is 74.4 cm³/mol. The molecule has 1 N–H and O–H groups in total. The standard InChI is InChI=1S/C14H24N2S/c1-4-15-14(13-9-16-11(3)17-13)12-7-5-10(2)6-8-12/h9-10,12,14-15H,4-8H2,1-3H3. The summed E-state index contributed by atoms with van der Waals surface area (Å²) in [5.41, 5.74) is 0. The number of aryl methyl sites for hydroxylation is 1. The molecule has 1 aromatic heterocycles. The lowest BCUT2D eigenvalue weighted by molar-refractivity contribution is 0.235. The van der Waals surface area contributed by atoms with Gasteiger partial charge in [-0.2, -0.15) is 0 Å². The molecular weight excluding hydrogens is 228 g/mol. The maximum atomic E-state index is 4.41. The van der Waals surface area contributed by atoms with E-state index in [2.05, 4.69) is 37.3 Å². The molecule has 1 saturated carbocycles. The monoisotopic (exact) mass is 252 g/mol. The fraction of sp³-hybridized carbons (Fsp3) is 0.786. The number of rotatable bonds is 4. The van der Waals surface area contributed by atoms with Gasteiger partial charge in [-0.05, 0) is 38.1 Å². The lowest BCUT2D eigenvalue weighted by atomic mass is 9.79. The first kappa shape index (κ1) is 13.0. The SMILES string of the molecule is CCNC(c1cnc(C)s1)C1CCC(C)CC1. The van der Waals surface area contributed by atoms with Crippen LogP contribution in [0.2, 0.25) is 0 Å². The predicted octanol–water partition coefficient (Wildman–Crippen LogP) is 3.93. The summed E-state index contributed by atoms with van der Waals surface area (Å²) < 4.78 is 0. The highest BCUT2D eigenvalue weighted by Gasteiger charge is 2.27. The highest BCUT2D eigenvalue weighted by molar-refractivity contribution is 7.11. The zero-order valence-corrected chi connectivity index (χ0v) is 12.0. The second-order valence-corrected chi connectivity index (χ2v) is 6.60. The van der Waals surface area contributed by atoms with Crippen LogP contribution in [0, 0.1) is 18.8 Å². The third-order valence-electron chi connectivity index (χ3n) is 3.90. The summed E-state index contributed by atoms with van der Waals surface area (Å²) in [5, 5.41) is 4.85.